The van der Waals surface area contributed by atoms with Crippen molar-refractivity contribution in [3.8, 4) is 11.3 Å². The van der Waals surface area contributed by atoms with Gasteiger partial charge in [-0.1, -0.05) is 31.2 Å². The molecule has 0 spiro atoms. The monoisotopic (exact) mass is 387 g/mol. The summed E-state index contributed by atoms with van der Waals surface area (Å²) < 4.78 is 0.765. The lowest BCUT2D eigenvalue weighted by Gasteiger charge is -2.02. The molecule has 0 bridgehead atoms. The van der Waals surface area contributed by atoms with Crippen molar-refractivity contribution in [1.29, 1.82) is 0 Å². The quantitative estimate of drug-likeness (QED) is 0.700. The van der Waals surface area contributed by atoms with Crippen LogP contribution in [-0.2, 0) is 6.42 Å². The molecule has 116 valence electrons. The predicted molar refractivity (Wildman–Crippen MR) is 96.8 cm³/mol. The van der Waals surface area contributed by atoms with Gasteiger partial charge in [-0.3, -0.25) is 15.1 Å². The van der Waals surface area contributed by atoms with Crippen LogP contribution in [0, 0.1) is 0 Å². The second-order valence-corrected chi connectivity index (χ2v) is 6.71. The number of rotatable bonds is 4. The van der Waals surface area contributed by atoms with Gasteiger partial charge in [-0.15, -0.1) is 11.3 Å². The highest BCUT2D eigenvalue weighted by Crippen LogP contribution is 2.25. The first kappa shape index (κ1) is 15.8. The first-order valence-corrected chi connectivity index (χ1v) is 8.79. The van der Waals surface area contributed by atoms with E-state index in [0.717, 1.165) is 22.2 Å². The fourth-order valence-electron chi connectivity index (χ4n) is 2.08. The van der Waals surface area contributed by atoms with E-state index in [2.05, 4.69) is 62.4 Å². The summed E-state index contributed by atoms with van der Waals surface area (Å²) in [4.78, 5) is 20.7. The van der Waals surface area contributed by atoms with Crippen molar-refractivity contribution in [1.82, 2.24) is 9.97 Å². The van der Waals surface area contributed by atoms with Gasteiger partial charge in [-0.2, -0.15) is 0 Å². The Labute approximate surface area is 146 Å². The minimum Gasteiger partial charge on any atom is -0.298 e. The molecule has 0 atom stereocenters. The zero-order chi connectivity index (χ0) is 16.2. The third-order valence-electron chi connectivity index (χ3n) is 3.35. The molecular formula is C17H14BrN3OS. The molecule has 3 aromatic rings. The van der Waals surface area contributed by atoms with Gasteiger partial charge < -0.3 is 0 Å². The first-order valence-electron chi connectivity index (χ1n) is 7.12. The largest absolute Gasteiger partial charge is 0.298 e. The average molecular weight is 388 g/mol. The van der Waals surface area contributed by atoms with Gasteiger partial charge in [0.1, 0.15) is 0 Å². The molecule has 0 radical (unpaired) electrons. The molecule has 0 aliphatic carbocycles. The molecule has 3 rings (SSSR count). The second kappa shape index (κ2) is 7.02. The highest BCUT2D eigenvalue weighted by atomic mass is 79.9. The number of nitrogens with one attached hydrogen (secondary N) is 1. The summed E-state index contributed by atoms with van der Waals surface area (Å²) >= 11 is 4.71. The van der Waals surface area contributed by atoms with Gasteiger partial charge in [0.25, 0.3) is 5.91 Å². The summed E-state index contributed by atoms with van der Waals surface area (Å²) in [6, 6.07) is 10.0. The van der Waals surface area contributed by atoms with Crippen LogP contribution in [0.4, 0.5) is 5.13 Å². The van der Waals surface area contributed by atoms with Crippen LogP contribution in [-0.4, -0.2) is 15.9 Å². The van der Waals surface area contributed by atoms with Crippen molar-refractivity contribution >= 4 is 38.3 Å². The van der Waals surface area contributed by atoms with Crippen molar-refractivity contribution in [2.45, 2.75) is 13.3 Å². The minimum atomic E-state index is -0.221. The zero-order valence-corrected chi connectivity index (χ0v) is 14.8. The van der Waals surface area contributed by atoms with Crippen molar-refractivity contribution in [3.05, 3.63) is 63.7 Å². The Morgan fingerprint density at radius 2 is 2.04 bits per heavy atom. The number of carbonyl (C=O) groups excluding carboxylic acids is 1. The summed E-state index contributed by atoms with van der Waals surface area (Å²) in [6.07, 6.45) is 4.18. The lowest BCUT2D eigenvalue weighted by Crippen LogP contribution is -2.11. The number of hydrogen-bond donors (Lipinski definition) is 1. The molecule has 1 N–H and O–H groups in total. The fraction of sp³-hybridized carbons (Fsp3) is 0.118. The third kappa shape index (κ3) is 3.83. The van der Waals surface area contributed by atoms with E-state index < -0.39 is 0 Å². The van der Waals surface area contributed by atoms with E-state index in [9.17, 15) is 4.79 Å². The Hall–Kier alpha value is -2.05. The van der Waals surface area contributed by atoms with Crippen LogP contribution in [0.15, 0.2) is 52.6 Å². The molecule has 2 heterocycles. The third-order valence-corrected chi connectivity index (χ3v) is 4.54. The molecule has 0 saturated heterocycles. The molecular weight excluding hydrogens is 374 g/mol. The zero-order valence-electron chi connectivity index (χ0n) is 12.4. The van der Waals surface area contributed by atoms with E-state index in [1.807, 2.05) is 5.38 Å². The van der Waals surface area contributed by atoms with Gasteiger partial charge in [0.15, 0.2) is 5.13 Å². The van der Waals surface area contributed by atoms with Gasteiger partial charge in [-0.05, 0) is 34.0 Å². The number of thiazole rings is 1. The molecule has 0 fully saturated rings. The van der Waals surface area contributed by atoms with Gasteiger partial charge in [-0.25, -0.2) is 4.98 Å². The summed E-state index contributed by atoms with van der Waals surface area (Å²) in [5, 5.41) is 5.32. The smallest absolute Gasteiger partial charge is 0.259 e. The molecule has 1 amide bonds. The first-order chi connectivity index (χ1) is 11.2. The Balaban J connectivity index is 1.75. The van der Waals surface area contributed by atoms with Crippen LogP contribution >= 0.6 is 27.3 Å². The van der Waals surface area contributed by atoms with Crippen LogP contribution in [0.3, 0.4) is 0 Å². The number of hydrogen-bond acceptors (Lipinski definition) is 4. The van der Waals surface area contributed by atoms with Crippen LogP contribution in [0.25, 0.3) is 11.3 Å². The molecule has 4 nitrogen and oxygen atoms in total. The van der Waals surface area contributed by atoms with Crippen LogP contribution in [0.1, 0.15) is 22.8 Å². The van der Waals surface area contributed by atoms with E-state index in [1.54, 1.807) is 12.3 Å². The van der Waals surface area contributed by atoms with Crippen molar-refractivity contribution in [3.63, 3.8) is 0 Å². The lowest BCUT2D eigenvalue weighted by molar-refractivity contribution is 0.102. The topological polar surface area (TPSA) is 54.9 Å². The van der Waals surface area contributed by atoms with Gasteiger partial charge >= 0.3 is 0 Å². The van der Waals surface area contributed by atoms with Gasteiger partial charge in [0.2, 0.25) is 0 Å². The highest BCUT2D eigenvalue weighted by molar-refractivity contribution is 9.10. The molecule has 2 aromatic heterocycles. The molecule has 1 aromatic carbocycles. The molecule has 23 heavy (non-hydrogen) atoms. The average Bonchev–Trinajstić information content (AvgIpc) is 3.03. The van der Waals surface area contributed by atoms with E-state index in [0.29, 0.717) is 10.7 Å². The predicted octanol–water partition coefficient (Wildman–Crippen LogP) is 4.78. The van der Waals surface area contributed by atoms with Crippen molar-refractivity contribution < 1.29 is 4.79 Å². The maximum absolute atomic E-state index is 12.2. The number of pyridine rings is 1. The summed E-state index contributed by atoms with van der Waals surface area (Å²) in [7, 11) is 0. The number of aryl methyl sites for hydroxylation is 1. The number of nitrogens with zero attached hydrogens (tertiary/aromatic N) is 2. The van der Waals surface area contributed by atoms with E-state index in [4.69, 9.17) is 0 Å². The van der Waals surface area contributed by atoms with Gasteiger partial charge in [0, 0.05) is 27.8 Å². The Morgan fingerprint density at radius 1 is 1.26 bits per heavy atom. The highest BCUT2D eigenvalue weighted by Gasteiger charge is 2.10. The van der Waals surface area contributed by atoms with Gasteiger partial charge in [0.05, 0.1) is 11.3 Å². The lowest BCUT2D eigenvalue weighted by atomic mass is 10.1. The molecule has 0 unspecified atom stereocenters. The molecule has 0 saturated carbocycles. The van der Waals surface area contributed by atoms with Crippen LogP contribution < -0.4 is 5.32 Å². The molecule has 6 heteroatoms. The van der Waals surface area contributed by atoms with E-state index >= 15 is 0 Å². The Bertz CT molecular complexity index is 830. The molecule has 0 aliphatic rings. The summed E-state index contributed by atoms with van der Waals surface area (Å²) in [6.45, 7) is 2.13. The Morgan fingerprint density at radius 3 is 2.74 bits per heavy atom. The van der Waals surface area contributed by atoms with E-state index in [1.165, 1.54) is 23.1 Å². The maximum Gasteiger partial charge on any atom is 0.259 e. The number of amides is 1. The maximum atomic E-state index is 12.2. The number of halogens is 1. The normalized spacial score (nSPS) is 10.5. The summed E-state index contributed by atoms with van der Waals surface area (Å²) in [5.74, 6) is -0.221. The number of benzene rings is 1. The molecule has 0 aliphatic heterocycles. The van der Waals surface area contributed by atoms with Crippen LogP contribution in [0.2, 0.25) is 0 Å². The SMILES string of the molecule is CCc1ccc(-c2csc(NC(=O)c3cncc(Br)c3)n2)cc1. The standard InChI is InChI=1S/C17H14BrN3OS/c1-2-11-3-5-12(6-4-11)15-10-23-17(20-15)21-16(22)13-7-14(18)9-19-8-13/h3-10H,2H2,1H3,(H,20,21,22). The summed E-state index contributed by atoms with van der Waals surface area (Å²) in [5.41, 5.74) is 3.69. The van der Waals surface area contributed by atoms with Crippen molar-refractivity contribution in [2.75, 3.05) is 5.32 Å². The van der Waals surface area contributed by atoms with Crippen molar-refractivity contribution in [2.24, 2.45) is 0 Å². The van der Waals surface area contributed by atoms with Crippen LogP contribution in [0.5, 0.6) is 0 Å². The number of aromatic nitrogens is 2. The fourth-order valence-corrected chi connectivity index (χ4v) is 3.16. The number of carbonyl (C=O) groups is 1. The van der Waals surface area contributed by atoms with E-state index in [-0.39, 0.29) is 5.91 Å². The second-order valence-electron chi connectivity index (χ2n) is 4.93. The number of anilines is 1. The minimum absolute atomic E-state index is 0.221. The Kier molecular flexibility index (Phi) is 4.83.